The molecule has 1 aromatic carbocycles. The Hall–Kier alpha value is -1.59. The summed E-state index contributed by atoms with van der Waals surface area (Å²) in [5.74, 6) is 1.10. The van der Waals surface area contributed by atoms with E-state index in [1.54, 1.807) is 0 Å². The third-order valence-corrected chi connectivity index (χ3v) is 5.87. The predicted molar refractivity (Wildman–Crippen MR) is 88.0 cm³/mol. The van der Waals surface area contributed by atoms with Crippen LogP contribution in [0.3, 0.4) is 0 Å². The number of rotatable bonds is 1. The molecule has 2 fully saturated rings. The highest BCUT2D eigenvalue weighted by atomic mass is 32.2. The normalized spacial score (nSPS) is 20.6. The summed E-state index contributed by atoms with van der Waals surface area (Å²) in [6.45, 7) is 2.34. The van der Waals surface area contributed by atoms with Gasteiger partial charge < -0.3 is 9.64 Å². The highest BCUT2D eigenvalue weighted by Gasteiger charge is 2.40. The van der Waals surface area contributed by atoms with Gasteiger partial charge in [0, 0.05) is 37.1 Å². The molecule has 2 aliphatic heterocycles. The molecular formula is C17H18N2O2S. The van der Waals surface area contributed by atoms with E-state index in [0.29, 0.717) is 5.69 Å². The second-order valence-corrected chi connectivity index (χ2v) is 7.23. The fourth-order valence-corrected chi connectivity index (χ4v) is 4.36. The number of thioether (sulfide) groups is 1. The zero-order chi connectivity index (χ0) is 15.0. The number of para-hydroxylation sites is 1. The van der Waals surface area contributed by atoms with Crippen LogP contribution in [0.2, 0.25) is 0 Å². The first-order valence-corrected chi connectivity index (χ1v) is 8.67. The lowest BCUT2D eigenvalue weighted by Crippen LogP contribution is -2.45. The van der Waals surface area contributed by atoms with Gasteiger partial charge in [-0.3, -0.25) is 4.79 Å². The Kier molecular flexibility index (Phi) is 3.54. The van der Waals surface area contributed by atoms with Crippen LogP contribution in [0.4, 0.5) is 0 Å². The molecule has 22 heavy (non-hydrogen) atoms. The van der Waals surface area contributed by atoms with Crippen LogP contribution in [-0.4, -0.2) is 46.2 Å². The van der Waals surface area contributed by atoms with Gasteiger partial charge in [-0.05, 0) is 12.1 Å². The van der Waals surface area contributed by atoms with Crippen molar-refractivity contribution in [2.75, 3.05) is 25.4 Å². The van der Waals surface area contributed by atoms with Gasteiger partial charge in [0.05, 0.1) is 12.1 Å². The van der Waals surface area contributed by atoms with Gasteiger partial charge in [-0.15, -0.1) is 11.8 Å². The molecule has 0 bridgehead atoms. The molecule has 0 atom stereocenters. The third kappa shape index (κ3) is 2.48. The molecule has 2 aliphatic rings. The standard InChI is InChI=1S/C17H18N2O2S/c20-16(15-6-5-13-3-1-2-4-14(13)18-15)19-9-7-17(8-10-19)21-11-12-22-17/h1-6H,7-12H2. The highest BCUT2D eigenvalue weighted by Crippen LogP contribution is 2.41. The van der Waals surface area contributed by atoms with E-state index in [4.69, 9.17) is 4.74 Å². The Morgan fingerprint density at radius 3 is 2.77 bits per heavy atom. The number of aromatic nitrogens is 1. The van der Waals surface area contributed by atoms with Crippen LogP contribution in [0.15, 0.2) is 36.4 Å². The van der Waals surface area contributed by atoms with Gasteiger partial charge in [-0.1, -0.05) is 24.3 Å². The summed E-state index contributed by atoms with van der Waals surface area (Å²) in [5.41, 5.74) is 1.41. The Morgan fingerprint density at radius 1 is 1.18 bits per heavy atom. The maximum absolute atomic E-state index is 12.7. The average molecular weight is 314 g/mol. The second kappa shape index (κ2) is 5.56. The molecular weight excluding hydrogens is 296 g/mol. The van der Waals surface area contributed by atoms with Gasteiger partial charge in [-0.2, -0.15) is 0 Å². The van der Waals surface area contributed by atoms with Crippen molar-refractivity contribution in [3.05, 3.63) is 42.1 Å². The zero-order valence-electron chi connectivity index (χ0n) is 12.3. The molecule has 4 nitrogen and oxygen atoms in total. The van der Waals surface area contributed by atoms with Gasteiger partial charge in [-0.25, -0.2) is 4.98 Å². The number of nitrogens with zero attached hydrogens (tertiary/aromatic N) is 2. The van der Waals surface area contributed by atoms with E-state index in [9.17, 15) is 4.79 Å². The molecule has 1 amide bonds. The topological polar surface area (TPSA) is 42.4 Å². The van der Waals surface area contributed by atoms with Crippen molar-refractivity contribution in [1.29, 1.82) is 0 Å². The number of pyridine rings is 1. The molecule has 2 saturated heterocycles. The molecule has 5 heteroatoms. The second-order valence-electron chi connectivity index (χ2n) is 5.79. The first-order valence-electron chi connectivity index (χ1n) is 7.69. The van der Waals surface area contributed by atoms with Crippen molar-refractivity contribution in [3.8, 4) is 0 Å². The first kappa shape index (κ1) is 14.0. The summed E-state index contributed by atoms with van der Waals surface area (Å²) in [4.78, 5) is 19.0. The van der Waals surface area contributed by atoms with Gasteiger partial charge in [0.25, 0.3) is 5.91 Å². The average Bonchev–Trinajstić information content (AvgIpc) is 3.02. The molecule has 1 spiro atoms. The van der Waals surface area contributed by atoms with Crippen molar-refractivity contribution in [1.82, 2.24) is 9.88 Å². The Labute approximate surface area is 133 Å². The van der Waals surface area contributed by atoms with Crippen molar-refractivity contribution in [3.63, 3.8) is 0 Å². The van der Waals surface area contributed by atoms with Gasteiger partial charge in [0.2, 0.25) is 0 Å². The molecule has 0 N–H and O–H groups in total. The van der Waals surface area contributed by atoms with Crippen molar-refractivity contribution in [2.24, 2.45) is 0 Å². The third-order valence-electron chi connectivity index (χ3n) is 4.44. The van der Waals surface area contributed by atoms with Gasteiger partial charge >= 0.3 is 0 Å². The molecule has 3 heterocycles. The van der Waals surface area contributed by atoms with Crippen LogP contribution in [0.25, 0.3) is 10.9 Å². The molecule has 0 aliphatic carbocycles. The zero-order valence-corrected chi connectivity index (χ0v) is 13.1. The number of carbonyl (C=O) groups is 1. The van der Waals surface area contributed by atoms with Crippen LogP contribution in [0.1, 0.15) is 23.3 Å². The SMILES string of the molecule is O=C(c1ccc2ccccc2n1)N1CCC2(CC1)OCCS2. The number of ether oxygens (including phenoxy) is 1. The monoisotopic (exact) mass is 314 g/mol. The van der Waals surface area contributed by atoms with E-state index in [2.05, 4.69) is 4.98 Å². The van der Waals surface area contributed by atoms with E-state index in [0.717, 1.165) is 49.2 Å². The number of carbonyl (C=O) groups excluding carboxylic acids is 1. The number of piperidine rings is 1. The van der Waals surface area contributed by atoms with E-state index < -0.39 is 0 Å². The predicted octanol–water partition coefficient (Wildman–Crippen LogP) is 2.93. The maximum atomic E-state index is 12.7. The lowest BCUT2D eigenvalue weighted by molar-refractivity contribution is 0.00338. The summed E-state index contributed by atoms with van der Waals surface area (Å²) in [6.07, 6.45) is 1.83. The number of amides is 1. The quantitative estimate of drug-likeness (QED) is 0.812. The fraction of sp³-hybridized carbons (Fsp3) is 0.412. The largest absolute Gasteiger partial charge is 0.363 e. The molecule has 0 unspecified atom stereocenters. The number of fused-ring (bicyclic) bond motifs is 1. The molecule has 0 radical (unpaired) electrons. The highest BCUT2D eigenvalue weighted by molar-refractivity contribution is 8.00. The van der Waals surface area contributed by atoms with E-state index >= 15 is 0 Å². The minimum Gasteiger partial charge on any atom is -0.363 e. The van der Waals surface area contributed by atoms with Crippen molar-refractivity contribution < 1.29 is 9.53 Å². The summed E-state index contributed by atoms with van der Waals surface area (Å²) < 4.78 is 5.88. The van der Waals surface area contributed by atoms with Crippen LogP contribution in [-0.2, 0) is 4.74 Å². The number of benzene rings is 1. The van der Waals surface area contributed by atoms with Crippen LogP contribution in [0.5, 0.6) is 0 Å². The number of likely N-dealkylation sites (tertiary alicyclic amines) is 1. The van der Waals surface area contributed by atoms with E-state index in [-0.39, 0.29) is 10.8 Å². The van der Waals surface area contributed by atoms with E-state index in [1.165, 1.54) is 0 Å². The van der Waals surface area contributed by atoms with Crippen molar-refractivity contribution >= 4 is 28.6 Å². The van der Waals surface area contributed by atoms with Crippen LogP contribution in [0, 0.1) is 0 Å². The molecule has 114 valence electrons. The molecule has 2 aromatic rings. The molecule has 1 aromatic heterocycles. The smallest absolute Gasteiger partial charge is 0.272 e. The first-order chi connectivity index (χ1) is 10.8. The fourth-order valence-electron chi connectivity index (χ4n) is 3.18. The maximum Gasteiger partial charge on any atom is 0.272 e. The van der Waals surface area contributed by atoms with E-state index in [1.807, 2.05) is 53.1 Å². The Morgan fingerprint density at radius 2 is 2.00 bits per heavy atom. The minimum absolute atomic E-state index is 0.0311. The number of hydrogen-bond donors (Lipinski definition) is 0. The Bertz CT molecular complexity index is 703. The summed E-state index contributed by atoms with van der Waals surface area (Å²) in [7, 11) is 0. The summed E-state index contributed by atoms with van der Waals surface area (Å²) in [5, 5.41) is 1.06. The van der Waals surface area contributed by atoms with Gasteiger partial charge in [0.15, 0.2) is 0 Å². The van der Waals surface area contributed by atoms with Crippen LogP contribution >= 0.6 is 11.8 Å². The minimum atomic E-state index is -0.0341. The van der Waals surface area contributed by atoms with Gasteiger partial charge in [0.1, 0.15) is 10.6 Å². The lowest BCUT2D eigenvalue weighted by Gasteiger charge is -2.37. The Balaban J connectivity index is 1.51. The summed E-state index contributed by atoms with van der Waals surface area (Å²) in [6, 6.07) is 11.7. The lowest BCUT2D eigenvalue weighted by atomic mass is 10.1. The van der Waals surface area contributed by atoms with Crippen LogP contribution < -0.4 is 0 Å². The van der Waals surface area contributed by atoms with Crippen molar-refractivity contribution in [2.45, 2.75) is 17.8 Å². The molecule has 0 saturated carbocycles. The summed E-state index contributed by atoms with van der Waals surface area (Å²) >= 11 is 1.90. The number of hydrogen-bond acceptors (Lipinski definition) is 4. The molecule has 4 rings (SSSR count).